The van der Waals surface area contributed by atoms with Crippen LogP contribution in [0.5, 0.6) is 5.75 Å². The monoisotopic (exact) mass is 343 g/mol. The van der Waals surface area contributed by atoms with Gasteiger partial charge < -0.3 is 10.1 Å². The summed E-state index contributed by atoms with van der Waals surface area (Å²) in [5, 5.41) is 2.91. The zero-order valence-corrected chi connectivity index (χ0v) is 15.2. The highest BCUT2D eigenvalue weighted by atomic mass is 32.2. The van der Waals surface area contributed by atoms with E-state index in [0.29, 0.717) is 5.75 Å². The van der Waals surface area contributed by atoms with E-state index in [1.165, 1.54) is 11.1 Å². The minimum atomic E-state index is 0.0553. The van der Waals surface area contributed by atoms with Crippen molar-refractivity contribution in [3.63, 3.8) is 0 Å². The van der Waals surface area contributed by atoms with Crippen molar-refractivity contribution in [3.05, 3.63) is 59.7 Å². The van der Waals surface area contributed by atoms with Crippen LogP contribution < -0.4 is 10.1 Å². The first-order valence-corrected chi connectivity index (χ1v) is 9.43. The van der Waals surface area contributed by atoms with E-state index in [0.717, 1.165) is 36.6 Å². The van der Waals surface area contributed by atoms with Crippen LogP contribution >= 0.6 is 11.8 Å². The topological polar surface area (TPSA) is 38.3 Å². The number of hydrogen-bond acceptors (Lipinski definition) is 3. The number of thioether (sulfide) groups is 1. The summed E-state index contributed by atoms with van der Waals surface area (Å²) in [5.74, 6) is 2.44. The normalized spacial score (nSPS) is 10.4. The number of aryl methyl sites for hydroxylation is 2. The van der Waals surface area contributed by atoms with Gasteiger partial charge in [-0.05, 0) is 56.7 Å². The average Bonchev–Trinajstić information content (AvgIpc) is 2.58. The molecule has 1 N–H and O–H groups in total. The van der Waals surface area contributed by atoms with Crippen molar-refractivity contribution in [2.75, 3.05) is 23.4 Å². The number of rotatable bonds is 9. The Morgan fingerprint density at radius 2 is 1.58 bits per heavy atom. The Morgan fingerprint density at radius 1 is 0.958 bits per heavy atom. The maximum absolute atomic E-state index is 11.8. The molecule has 0 fully saturated rings. The molecule has 2 rings (SSSR count). The number of amides is 1. The standard InChI is InChI=1S/C20H25NO2S/c1-16-5-9-18(10-6-16)21-20(22)15-24-14-4-3-13-23-19-11-7-17(2)8-12-19/h5-12H,3-4,13-15H2,1-2H3,(H,21,22). The molecule has 0 saturated carbocycles. The third-order valence-electron chi connectivity index (χ3n) is 3.54. The van der Waals surface area contributed by atoms with Gasteiger partial charge in [0.2, 0.25) is 5.91 Å². The number of hydrogen-bond donors (Lipinski definition) is 1. The van der Waals surface area contributed by atoms with Crippen molar-refractivity contribution in [1.82, 2.24) is 0 Å². The predicted molar refractivity (Wildman–Crippen MR) is 103 cm³/mol. The summed E-state index contributed by atoms with van der Waals surface area (Å²) in [6.45, 7) is 4.82. The van der Waals surface area contributed by atoms with Crippen molar-refractivity contribution in [1.29, 1.82) is 0 Å². The lowest BCUT2D eigenvalue weighted by atomic mass is 10.2. The fourth-order valence-electron chi connectivity index (χ4n) is 2.13. The van der Waals surface area contributed by atoms with E-state index >= 15 is 0 Å². The molecule has 1 amide bonds. The highest BCUT2D eigenvalue weighted by Gasteiger charge is 2.02. The maximum atomic E-state index is 11.8. The van der Waals surface area contributed by atoms with Crippen LogP contribution in [0.1, 0.15) is 24.0 Å². The summed E-state index contributed by atoms with van der Waals surface area (Å²) in [5.41, 5.74) is 3.29. The van der Waals surface area contributed by atoms with Gasteiger partial charge in [-0.25, -0.2) is 0 Å². The molecular formula is C20H25NO2S. The molecule has 0 aliphatic rings. The third kappa shape index (κ3) is 7.09. The molecule has 2 aromatic carbocycles. The molecule has 0 unspecified atom stereocenters. The Balaban J connectivity index is 1.51. The number of unbranched alkanes of at least 4 members (excludes halogenated alkanes) is 1. The Bertz CT molecular complexity index is 623. The van der Waals surface area contributed by atoms with Crippen LogP contribution in [-0.2, 0) is 4.79 Å². The number of ether oxygens (including phenoxy) is 1. The quantitative estimate of drug-likeness (QED) is 0.663. The third-order valence-corrected chi connectivity index (χ3v) is 4.58. The van der Waals surface area contributed by atoms with E-state index in [2.05, 4.69) is 24.4 Å². The lowest BCUT2D eigenvalue weighted by molar-refractivity contribution is -0.113. The van der Waals surface area contributed by atoms with Gasteiger partial charge in [0.1, 0.15) is 5.75 Å². The van der Waals surface area contributed by atoms with E-state index in [9.17, 15) is 4.79 Å². The molecule has 0 aliphatic carbocycles. The lowest BCUT2D eigenvalue weighted by Crippen LogP contribution is -2.14. The zero-order valence-electron chi connectivity index (χ0n) is 14.4. The number of benzene rings is 2. The second-order valence-electron chi connectivity index (χ2n) is 5.84. The highest BCUT2D eigenvalue weighted by molar-refractivity contribution is 7.99. The molecular weight excluding hydrogens is 318 g/mol. The summed E-state index contributed by atoms with van der Waals surface area (Å²) in [4.78, 5) is 11.8. The first-order valence-electron chi connectivity index (χ1n) is 8.27. The Labute approximate surface area is 148 Å². The first kappa shape index (κ1) is 18.4. The minimum absolute atomic E-state index is 0.0553. The van der Waals surface area contributed by atoms with Gasteiger partial charge >= 0.3 is 0 Å². The number of carbonyl (C=O) groups is 1. The van der Waals surface area contributed by atoms with Gasteiger partial charge in [-0.1, -0.05) is 35.4 Å². The van der Waals surface area contributed by atoms with Crippen LogP contribution in [0, 0.1) is 13.8 Å². The largest absolute Gasteiger partial charge is 0.494 e. The number of anilines is 1. The Kier molecular flexibility index (Phi) is 7.69. The number of carbonyl (C=O) groups excluding carboxylic acids is 1. The minimum Gasteiger partial charge on any atom is -0.494 e. The van der Waals surface area contributed by atoms with Gasteiger partial charge in [0.25, 0.3) is 0 Å². The molecule has 24 heavy (non-hydrogen) atoms. The summed E-state index contributed by atoms with van der Waals surface area (Å²) < 4.78 is 5.69. The summed E-state index contributed by atoms with van der Waals surface area (Å²) in [6.07, 6.45) is 2.05. The van der Waals surface area contributed by atoms with Crippen molar-refractivity contribution in [2.24, 2.45) is 0 Å². The molecule has 3 nitrogen and oxygen atoms in total. The molecule has 128 valence electrons. The fourth-order valence-corrected chi connectivity index (χ4v) is 2.94. The van der Waals surface area contributed by atoms with E-state index in [1.54, 1.807) is 11.8 Å². The van der Waals surface area contributed by atoms with Gasteiger partial charge in [0, 0.05) is 5.69 Å². The molecule has 0 atom stereocenters. The van der Waals surface area contributed by atoms with Crippen LogP contribution in [0.4, 0.5) is 5.69 Å². The van der Waals surface area contributed by atoms with E-state index in [-0.39, 0.29) is 5.91 Å². The van der Waals surface area contributed by atoms with Gasteiger partial charge in [-0.3, -0.25) is 4.79 Å². The van der Waals surface area contributed by atoms with Crippen molar-refractivity contribution < 1.29 is 9.53 Å². The molecule has 0 heterocycles. The molecule has 0 bridgehead atoms. The van der Waals surface area contributed by atoms with E-state index in [4.69, 9.17) is 4.74 Å². The highest BCUT2D eigenvalue weighted by Crippen LogP contribution is 2.13. The summed E-state index contributed by atoms with van der Waals surface area (Å²) in [7, 11) is 0. The molecule has 0 saturated heterocycles. The average molecular weight is 343 g/mol. The smallest absolute Gasteiger partial charge is 0.234 e. The van der Waals surface area contributed by atoms with Gasteiger partial charge in [0.05, 0.1) is 12.4 Å². The molecule has 2 aromatic rings. The van der Waals surface area contributed by atoms with E-state index < -0.39 is 0 Å². The van der Waals surface area contributed by atoms with Crippen LogP contribution in [-0.4, -0.2) is 24.0 Å². The first-order chi connectivity index (χ1) is 11.6. The van der Waals surface area contributed by atoms with Crippen LogP contribution in [0.15, 0.2) is 48.5 Å². The van der Waals surface area contributed by atoms with Crippen LogP contribution in [0.3, 0.4) is 0 Å². The Hall–Kier alpha value is -1.94. The van der Waals surface area contributed by atoms with Crippen molar-refractivity contribution in [3.8, 4) is 5.75 Å². The van der Waals surface area contributed by atoms with Gasteiger partial charge in [0.15, 0.2) is 0 Å². The number of nitrogens with one attached hydrogen (secondary N) is 1. The zero-order chi connectivity index (χ0) is 17.2. The van der Waals surface area contributed by atoms with Crippen molar-refractivity contribution >= 4 is 23.4 Å². The molecule has 4 heteroatoms. The molecule has 0 aliphatic heterocycles. The fraction of sp³-hybridized carbons (Fsp3) is 0.350. The lowest BCUT2D eigenvalue weighted by Gasteiger charge is -2.07. The van der Waals surface area contributed by atoms with Crippen LogP contribution in [0.2, 0.25) is 0 Å². The van der Waals surface area contributed by atoms with Crippen molar-refractivity contribution in [2.45, 2.75) is 26.7 Å². The van der Waals surface area contributed by atoms with E-state index in [1.807, 2.05) is 43.3 Å². The maximum Gasteiger partial charge on any atom is 0.234 e. The SMILES string of the molecule is Cc1ccc(NC(=O)CSCCCCOc2ccc(C)cc2)cc1. The van der Waals surface area contributed by atoms with Gasteiger partial charge in [-0.2, -0.15) is 11.8 Å². The van der Waals surface area contributed by atoms with Gasteiger partial charge in [-0.15, -0.1) is 0 Å². The summed E-state index contributed by atoms with van der Waals surface area (Å²) >= 11 is 1.66. The molecule has 0 radical (unpaired) electrons. The molecule has 0 spiro atoms. The van der Waals surface area contributed by atoms with Crippen LogP contribution in [0.25, 0.3) is 0 Å². The molecule has 0 aromatic heterocycles. The predicted octanol–water partition coefficient (Wildman–Crippen LogP) is 4.83. The second-order valence-corrected chi connectivity index (χ2v) is 6.94. The summed E-state index contributed by atoms with van der Waals surface area (Å²) in [6, 6.07) is 16.0. The second kappa shape index (κ2) is 10.0. The Morgan fingerprint density at radius 3 is 2.25 bits per heavy atom.